The van der Waals surface area contributed by atoms with Gasteiger partial charge >= 0.3 is 0 Å². The van der Waals surface area contributed by atoms with Crippen LogP contribution >= 0.6 is 0 Å². The molecule has 0 aliphatic rings. The summed E-state index contributed by atoms with van der Waals surface area (Å²) in [6.07, 6.45) is 3.64. The van der Waals surface area contributed by atoms with Gasteiger partial charge in [-0.25, -0.2) is 9.97 Å². The first-order valence-electron chi connectivity index (χ1n) is 6.34. The molecule has 0 aromatic carbocycles. The maximum absolute atomic E-state index is 5.79. The maximum Gasteiger partial charge on any atom is 0.135 e. The summed E-state index contributed by atoms with van der Waals surface area (Å²) in [5, 5.41) is 3.28. The highest BCUT2D eigenvalue weighted by Gasteiger charge is 2.06. The normalized spacial score (nSPS) is 10.7. The van der Waals surface area contributed by atoms with Crippen molar-refractivity contribution in [3.05, 3.63) is 41.5 Å². The van der Waals surface area contributed by atoms with Gasteiger partial charge in [0, 0.05) is 30.9 Å². The number of hydrogen-bond donors (Lipinski definition) is 2. The van der Waals surface area contributed by atoms with E-state index >= 15 is 0 Å². The molecule has 2 aromatic heterocycles. The number of aromatic nitrogens is 3. The number of anilines is 2. The van der Waals surface area contributed by atoms with E-state index in [9.17, 15) is 0 Å². The van der Waals surface area contributed by atoms with Gasteiger partial charge in [-0.3, -0.25) is 4.98 Å². The summed E-state index contributed by atoms with van der Waals surface area (Å²) in [7, 11) is 0. The Morgan fingerprint density at radius 3 is 2.79 bits per heavy atom. The van der Waals surface area contributed by atoms with Gasteiger partial charge in [0.25, 0.3) is 0 Å². The molecule has 19 heavy (non-hydrogen) atoms. The monoisotopic (exact) mass is 257 g/mol. The zero-order chi connectivity index (χ0) is 13.8. The highest BCUT2D eigenvalue weighted by atomic mass is 15.0. The number of nitrogen functional groups attached to an aromatic ring is 1. The first kappa shape index (κ1) is 13.3. The molecule has 2 aromatic rings. The van der Waals surface area contributed by atoms with Crippen molar-refractivity contribution < 1.29 is 0 Å². The van der Waals surface area contributed by atoms with Crippen molar-refractivity contribution in [2.75, 3.05) is 11.1 Å². The average molecular weight is 257 g/mol. The fourth-order valence-corrected chi connectivity index (χ4v) is 1.72. The smallest absolute Gasteiger partial charge is 0.135 e. The van der Waals surface area contributed by atoms with Gasteiger partial charge in [-0.1, -0.05) is 13.8 Å². The summed E-state index contributed by atoms with van der Waals surface area (Å²) in [5.74, 6) is 2.26. The van der Waals surface area contributed by atoms with Crippen LogP contribution in [0.2, 0.25) is 0 Å². The molecule has 0 saturated heterocycles. The Bertz CT molecular complexity index is 566. The minimum atomic E-state index is 0.256. The van der Waals surface area contributed by atoms with Crippen LogP contribution in [-0.4, -0.2) is 15.0 Å². The van der Waals surface area contributed by atoms with Gasteiger partial charge in [0.15, 0.2) is 0 Å². The Morgan fingerprint density at radius 1 is 1.32 bits per heavy atom. The molecule has 0 atom stereocenters. The molecule has 0 unspecified atom stereocenters. The van der Waals surface area contributed by atoms with Crippen molar-refractivity contribution in [2.45, 2.75) is 33.2 Å². The van der Waals surface area contributed by atoms with Gasteiger partial charge in [-0.15, -0.1) is 0 Å². The minimum Gasteiger partial charge on any atom is -0.384 e. The van der Waals surface area contributed by atoms with E-state index in [0.29, 0.717) is 12.4 Å². The summed E-state index contributed by atoms with van der Waals surface area (Å²) in [5.41, 5.74) is 8.14. The van der Waals surface area contributed by atoms with Gasteiger partial charge in [-0.05, 0) is 24.1 Å². The largest absolute Gasteiger partial charge is 0.384 e. The van der Waals surface area contributed by atoms with Crippen molar-refractivity contribution in [3.8, 4) is 0 Å². The summed E-state index contributed by atoms with van der Waals surface area (Å²) in [6.45, 7) is 6.83. The van der Waals surface area contributed by atoms with Gasteiger partial charge in [0.05, 0.1) is 0 Å². The molecule has 0 amide bonds. The van der Waals surface area contributed by atoms with Gasteiger partial charge in [0.2, 0.25) is 0 Å². The standard InChI is InChI=1S/C14H19N5/c1-9(2)14-18-12(15)6-13(19-14)17-8-11-4-5-16-7-10(11)3/h4-7,9H,8H2,1-3H3,(H3,15,17,18,19). The predicted octanol–water partition coefficient (Wildman–Crippen LogP) is 2.50. The van der Waals surface area contributed by atoms with Crippen LogP contribution in [0.4, 0.5) is 11.6 Å². The van der Waals surface area contributed by atoms with E-state index in [1.165, 1.54) is 5.56 Å². The molecule has 0 fully saturated rings. The molecule has 0 spiro atoms. The van der Waals surface area contributed by atoms with Crippen LogP contribution < -0.4 is 11.1 Å². The molecule has 100 valence electrons. The molecule has 0 bridgehead atoms. The third-order valence-electron chi connectivity index (χ3n) is 2.88. The van der Waals surface area contributed by atoms with E-state index < -0.39 is 0 Å². The summed E-state index contributed by atoms with van der Waals surface area (Å²) < 4.78 is 0. The molecule has 0 radical (unpaired) electrons. The number of nitrogens with zero attached hydrogens (tertiary/aromatic N) is 3. The highest BCUT2D eigenvalue weighted by Crippen LogP contribution is 2.16. The Morgan fingerprint density at radius 2 is 2.11 bits per heavy atom. The number of pyridine rings is 1. The lowest BCUT2D eigenvalue weighted by Crippen LogP contribution is -2.08. The van der Waals surface area contributed by atoms with Crippen LogP contribution in [0.5, 0.6) is 0 Å². The quantitative estimate of drug-likeness (QED) is 0.880. The number of hydrogen-bond acceptors (Lipinski definition) is 5. The predicted molar refractivity (Wildman–Crippen MR) is 76.8 cm³/mol. The Balaban J connectivity index is 2.14. The second-order valence-electron chi connectivity index (χ2n) is 4.85. The van der Waals surface area contributed by atoms with Crippen LogP contribution in [-0.2, 0) is 6.54 Å². The molecule has 0 saturated carbocycles. The molecule has 2 heterocycles. The van der Waals surface area contributed by atoms with Crippen molar-refractivity contribution >= 4 is 11.6 Å². The summed E-state index contributed by atoms with van der Waals surface area (Å²) >= 11 is 0. The van der Waals surface area contributed by atoms with Crippen LogP contribution in [0.25, 0.3) is 0 Å². The lowest BCUT2D eigenvalue weighted by molar-refractivity contribution is 0.777. The topological polar surface area (TPSA) is 76.7 Å². The average Bonchev–Trinajstić information content (AvgIpc) is 2.37. The van der Waals surface area contributed by atoms with Crippen LogP contribution in [0.15, 0.2) is 24.5 Å². The van der Waals surface area contributed by atoms with Gasteiger partial charge in [-0.2, -0.15) is 0 Å². The van der Waals surface area contributed by atoms with Gasteiger partial charge < -0.3 is 11.1 Å². The Labute approximate surface area is 113 Å². The Kier molecular flexibility index (Phi) is 3.94. The van der Waals surface area contributed by atoms with Crippen LogP contribution in [0.1, 0.15) is 36.7 Å². The second kappa shape index (κ2) is 5.65. The third kappa shape index (κ3) is 3.40. The lowest BCUT2D eigenvalue weighted by atomic mass is 10.1. The van der Waals surface area contributed by atoms with E-state index in [-0.39, 0.29) is 5.92 Å². The fourth-order valence-electron chi connectivity index (χ4n) is 1.72. The summed E-state index contributed by atoms with van der Waals surface area (Å²) in [4.78, 5) is 12.8. The summed E-state index contributed by atoms with van der Waals surface area (Å²) in [6, 6.07) is 3.75. The van der Waals surface area contributed by atoms with Crippen LogP contribution in [0.3, 0.4) is 0 Å². The molecule has 5 nitrogen and oxygen atoms in total. The van der Waals surface area contributed by atoms with Crippen molar-refractivity contribution in [1.29, 1.82) is 0 Å². The zero-order valence-corrected chi connectivity index (χ0v) is 11.5. The van der Waals surface area contributed by atoms with E-state index in [2.05, 4.69) is 20.3 Å². The van der Waals surface area contributed by atoms with E-state index in [1.54, 1.807) is 12.3 Å². The zero-order valence-electron chi connectivity index (χ0n) is 11.5. The highest BCUT2D eigenvalue weighted by molar-refractivity contribution is 5.45. The number of nitrogens with one attached hydrogen (secondary N) is 1. The molecule has 5 heteroatoms. The van der Waals surface area contributed by atoms with Crippen LogP contribution in [0, 0.1) is 6.92 Å². The van der Waals surface area contributed by atoms with Crippen molar-refractivity contribution in [3.63, 3.8) is 0 Å². The maximum atomic E-state index is 5.79. The number of aryl methyl sites for hydroxylation is 1. The minimum absolute atomic E-state index is 0.256. The fraction of sp³-hybridized carbons (Fsp3) is 0.357. The van der Waals surface area contributed by atoms with Crippen molar-refractivity contribution in [2.24, 2.45) is 0 Å². The van der Waals surface area contributed by atoms with E-state index in [0.717, 1.165) is 17.2 Å². The van der Waals surface area contributed by atoms with E-state index in [1.807, 2.05) is 33.0 Å². The number of rotatable bonds is 4. The SMILES string of the molecule is Cc1cnccc1CNc1cc(N)nc(C(C)C)n1. The van der Waals surface area contributed by atoms with Crippen molar-refractivity contribution in [1.82, 2.24) is 15.0 Å². The Hall–Kier alpha value is -2.17. The molecule has 0 aliphatic carbocycles. The molecule has 3 N–H and O–H groups in total. The third-order valence-corrected chi connectivity index (χ3v) is 2.88. The number of nitrogens with two attached hydrogens (primary N) is 1. The molecular formula is C14H19N5. The molecular weight excluding hydrogens is 238 g/mol. The second-order valence-corrected chi connectivity index (χ2v) is 4.85. The van der Waals surface area contributed by atoms with E-state index in [4.69, 9.17) is 5.73 Å². The van der Waals surface area contributed by atoms with Gasteiger partial charge in [0.1, 0.15) is 17.5 Å². The first-order chi connectivity index (χ1) is 9.06. The molecule has 2 rings (SSSR count). The molecule has 0 aliphatic heterocycles. The lowest BCUT2D eigenvalue weighted by Gasteiger charge is -2.11. The first-order valence-corrected chi connectivity index (χ1v) is 6.34.